The van der Waals surface area contributed by atoms with Gasteiger partial charge in [-0.15, -0.1) is 0 Å². The highest BCUT2D eigenvalue weighted by atomic mass is 16.6. The molecule has 0 N–H and O–H groups in total. The third kappa shape index (κ3) is 2.17. The number of nitrogens with zero attached hydrogens (tertiary/aromatic N) is 4. The van der Waals surface area contributed by atoms with E-state index in [2.05, 4.69) is 10.1 Å². The van der Waals surface area contributed by atoms with Gasteiger partial charge in [0.2, 0.25) is 0 Å². The third-order valence-electron chi connectivity index (χ3n) is 2.30. The van der Waals surface area contributed by atoms with Crippen LogP contribution < -0.4 is 0 Å². The number of aldehydes is 1. The Bertz CT molecular complexity index is 521. The van der Waals surface area contributed by atoms with Gasteiger partial charge in [-0.2, -0.15) is 5.10 Å². The zero-order chi connectivity index (χ0) is 12.3. The van der Waals surface area contributed by atoms with Crippen molar-refractivity contribution >= 4 is 12.0 Å². The summed E-state index contributed by atoms with van der Waals surface area (Å²) in [6, 6.07) is 5.14. The van der Waals surface area contributed by atoms with Crippen LogP contribution in [-0.2, 0) is 4.79 Å². The predicted molar refractivity (Wildman–Crippen MR) is 57.3 cm³/mol. The van der Waals surface area contributed by atoms with Crippen LogP contribution in [0.3, 0.4) is 0 Å². The largest absolute Gasteiger partial charge is 0.301 e. The van der Waals surface area contributed by atoms with E-state index in [0.717, 1.165) is 0 Å². The number of benzene rings is 1. The normalized spacial score (nSPS) is 12.0. The maximum Gasteiger partial charge on any atom is 0.269 e. The zero-order valence-electron chi connectivity index (χ0n) is 8.63. The van der Waals surface area contributed by atoms with Gasteiger partial charge in [0.05, 0.1) is 4.92 Å². The van der Waals surface area contributed by atoms with Gasteiger partial charge in [0.25, 0.3) is 5.69 Å². The molecule has 0 spiro atoms. The van der Waals surface area contributed by atoms with E-state index in [1.807, 2.05) is 0 Å². The van der Waals surface area contributed by atoms with Crippen molar-refractivity contribution in [1.29, 1.82) is 0 Å². The number of carbonyl (C=O) groups is 1. The summed E-state index contributed by atoms with van der Waals surface area (Å²) in [6.07, 6.45) is 3.44. The van der Waals surface area contributed by atoms with Gasteiger partial charge in [-0.1, -0.05) is 0 Å². The van der Waals surface area contributed by atoms with Crippen LogP contribution in [0, 0.1) is 10.1 Å². The maximum absolute atomic E-state index is 11.0. The summed E-state index contributed by atoms with van der Waals surface area (Å²) in [5, 5.41) is 14.4. The lowest BCUT2D eigenvalue weighted by Gasteiger charge is -2.09. The predicted octanol–water partition coefficient (Wildman–Crippen LogP) is 0.975. The first-order valence-electron chi connectivity index (χ1n) is 4.76. The molecule has 0 aliphatic heterocycles. The number of hydrogen-bond donors (Lipinski definition) is 0. The van der Waals surface area contributed by atoms with E-state index >= 15 is 0 Å². The molecule has 1 atom stereocenters. The fourth-order valence-corrected chi connectivity index (χ4v) is 1.45. The van der Waals surface area contributed by atoms with Crippen LogP contribution in [0.2, 0.25) is 0 Å². The van der Waals surface area contributed by atoms with Crippen LogP contribution in [0.15, 0.2) is 36.9 Å². The summed E-state index contributed by atoms with van der Waals surface area (Å²) < 4.78 is 1.38. The van der Waals surface area contributed by atoms with Gasteiger partial charge in [-0.05, 0) is 17.7 Å². The van der Waals surface area contributed by atoms with Crippen LogP contribution in [0.25, 0.3) is 0 Å². The average molecular weight is 232 g/mol. The van der Waals surface area contributed by atoms with Crippen molar-refractivity contribution in [2.75, 3.05) is 0 Å². The lowest BCUT2D eigenvalue weighted by molar-refractivity contribution is -0.384. The second kappa shape index (κ2) is 4.52. The second-order valence-corrected chi connectivity index (χ2v) is 3.31. The molecule has 0 fully saturated rings. The molecule has 2 aromatic rings. The third-order valence-corrected chi connectivity index (χ3v) is 2.30. The summed E-state index contributed by atoms with van der Waals surface area (Å²) in [7, 11) is 0. The van der Waals surface area contributed by atoms with E-state index in [4.69, 9.17) is 0 Å². The van der Waals surface area contributed by atoms with Crippen molar-refractivity contribution in [2.24, 2.45) is 0 Å². The summed E-state index contributed by atoms with van der Waals surface area (Å²) in [5.41, 5.74) is 0.605. The first-order valence-corrected chi connectivity index (χ1v) is 4.76. The molecule has 0 amide bonds. The summed E-state index contributed by atoms with van der Waals surface area (Å²) in [6.45, 7) is 0. The number of rotatable bonds is 4. The minimum atomic E-state index is -0.613. The highest BCUT2D eigenvalue weighted by molar-refractivity contribution is 5.62. The molecule has 7 nitrogen and oxygen atoms in total. The molecular weight excluding hydrogens is 224 g/mol. The number of carbonyl (C=O) groups excluding carboxylic acids is 1. The SMILES string of the molecule is O=CC(c1ccc([N+](=O)[O-])cc1)n1cncn1. The zero-order valence-corrected chi connectivity index (χ0v) is 8.63. The summed E-state index contributed by atoms with van der Waals surface area (Å²) >= 11 is 0. The van der Waals surface area contributed by atoms with Crippen molar-refractivity contribution in [2.45, 2.75) is 6.04 Å². The molecule has 1 unspecified atom stereocenters. The average Bonchev–Trinajstić information content (AvgIpc) is 2.84. The quantitative estimate of drug-likeness (QED) is 0.445. The molecule has 1 aromatic carbocycles. The molecule has 0 saturated carbocycles. The number of non-ortho nitro benzene ring substituents is 1. The van der Waals surface area contributed by atoms with Gasteiger partial charge in [-0.3, -0.25) is 10.1 Å². The summed E-state index contributed by atoms with van der Waals surface area (Å²) in [5.74, 6) is 0. The van der Waals surface area contributed by atoms with Gasteiger partial charge < -0.3 is 4.79 Å². The first kappa shape index (κ1) is 10.9. The summed E-state index contributed by atoms with van der Waals surface area (Å²) in [4.78, 5) is 24.7. The van der Waals surface area contributed by atoms with Crippen LogP contribution in [0.1, 0.15) is 11.6 Å². The molecule has 17 heavy (non-hydrogen) atoms. The molecule has 0 aliphatic rings. The fraction of sp³-hybridized carbons (Fsp3) is 0.100. The number of hydrogen-bond acceptors (Lipinski definition) is 5. The van der Waals surface area contributed by atoms with Crippen molar-refractivity contribution in [3.05, 3.63) is 52.6 Å². The molecule has 86 valence electrons. The van der Waals surface area contributed by atoms with Gasteiger partial charge in [-0.25, -0.2) is 9.67 Å². The molecule has 0 aliphatic carbocycles. The standard InChI is InChI=1S/C10H8N4O3/c15-5-10(13-7-11-6-12-13)8-1-3-9(4-2-8)14(16)17/h1-7,10H. The minimum Gasteiger partial charge on any atom is -0.301 e. The molecular formula is C10H8N4O3. The molecule has 7 heteroatoms. The van der Waals surface area contributed by atoms with Gasteiger partial charge in [0, 0.05) is 12.1 Å². The Hall–Kier alpha value is -2.57. The molecule has 2 rings (SSSR count). The molecule has 0 radical (unpaired) electrons. The molecule has 1 aromatic heterocycles. The van der Waals surface area contributed by atoms with Gasteiger partial charge in [0.15, 0.2) is 0 Å². The van der Waals surface area contributed by atoms with E-state index in [-0.39, 0.29) is 5.69 Å². The number of aromatic nitrogens is 3. The Morgan fingerprint density at radius 1 is 1.35 bits per heavy atom. The van der Waals surface area contributed by atoms with Crippen LogP contribution in [0.4, 0.5) is 5.69 Å². The highest BCUT2D eigenvalue weighted by Gasteiger charge is 2.14. The monoisotopic (exact) mass is 232 g/mol. The van der Waals surface area contributed by atoms with Crippen molar-refractivity contribution in [1.82, 2.24) is 14.8 Å². The smallest absolute Gasteiger partial charge is 0.269 e. The van der Waals surface area contributed by atoms with E-state index in [9.17, 15) is 14.9 Å². The highest BCUT2D eigenvalue weighted by Crippen LogP contribution is 2.18. The number of nitro groups is 1. The van der Waals surface area contributed by atoms with Crippen molar-refractivity contribution in [3.63, 3.8) is 0 Å². The Labute approximate surface area is 95.9 Å². The molecule has 0 bridgehead atoms. The van der Waals surface area contributed by atoms with Crippen LogP contribution in [0.5, 0.6) is 0 Å². The Morgan fingerprint density at radius 3 is 2.53 bits per heavy atom. The van der Waals surface area contributed by atoms with Crippen LogP contribution >= 0.6 is 0 Å². The molecule has 1 heterocycles. The topological polar surface area (TPSA) is 90.9 Å². The number of nitro benzene ring substituents is 1. The van der Waals surface area contributed by atoms with Crippen molar-refractivity contribution in [3.8, 4) is 0 Å². The van der Waals surface area contributed by atoms with E-state index < -0.39 is 11.0 Å². The lowest BCUT2D eigenvalue weighted by atomic mass is 10.1. The maximum atomic E-state index is 11.0. The van der Waals surface area contributed by atoms with E-state index in [0.29, 0.717) is 11.8 Å². The van der Waals surface area contributed by atoms with Gasteiger partial charge in [0.1, 0.15) is 25.0 Å². The fourth-order valence-electron chi connectivity index (χ4n) is 1.45. The van der Waals surface area contributed by atoms with Gasteiger partial charge >= 0.3 is 0 Å². The lowest BCUT2D eigenvalue weighted by Crippen LogP contribution is -2.12. The molecule has 0 saturated heterocycles. The Balaban J connectivity index is 2.32. The van der Waals surface area contributed by atoms with E-state index in [1.54, 1.807) is 0 Å². The van der Waals surface area contributed by atoms with Crippen molar-refractivity contribution < 1.29 is 9.72 Å². The van der Waals surface area contributed by atoms with E-state index in [1.165, 1.54) is 41.6 Å². The Morgan fingerprint density at radius 2 is 2.06 bits per heavy atom. The van der Waals surface area contributed by atoms with Crippen LogP contribution in [-0.4, -0.2) is 26.0 Å². The minimum absolute atomic E-state index is 0.0167. The second-order valence-electron chi connectivity index (χ2n) is 3.31. The first-order chi connectivity index (χ1) is 8.22. The Kier molecular flexibility index (Phi) is 2.91.